The highest BCUT2D eigenvalue weighted by Crippen LogP contribution is 2.29. The minimum atomic E-state index is -0.605. The first-order chi connectivity index (χ1) is 16.5. The van der Waals surface area contributed by atoms with Gasteiger partial charge in [-0.25, -0.2) is 14.7 Å². The number of hydrazone groups is 1. The van der Waals surface area contributed by atoms with Crippen LogP contribution in [-0.2, 0) is 4.74 Å². The summed E-state index contributed by atoms with van der Waals surface area (Å²) in [5, 5.41) is 15.3. The number of carbonyl (C=O) groups is 1. The molecule has 3 N–H and O–H groups in total. The van der Waals surface area contributed by atoms with Crippen LogP contribution in [0.2, 0.25) is 0 Å². The number of nitrogens with zero attached hydrogens (tertiary/aromatic N) is 5. The molecular formula is C23H30FN7O3. The van der Waals surface area contributed by atoms with Crippen molar-refractivity contribution in [3.63, 3.8) is 0 Å². The normalized spacial score (nSPS) is 18.1. The number of aliphatic hydroxyl groups is 1. The van der Waals surface area contributed by atoms with Gasteiger partial charge in [-0.1, -0.05) is 19.9 Å². The third kappa shape index (κ3) is 5.27. The van der Waals surface area contributed by atoms with Crippen LogP contribution in [-0.4, -0.2) is 77.5 Å². The summed E-state index contributed by atoms with van der Waals surface area (Å²) in [7, 11) is 0. The minimum Gasteiger partial charge on any atom is -0.441 e. The first-order valence-corrected chi connectivity index (χ1v) is 11.5. The number of rotatable bonds is 10. The summed E-state index contributed by atoms with van der Waals surface area (Å²) < 4.78 is 19.9. The molecular weight excluding hydrogens is 441 g/mol. The second-order valence-corrected chi connectivity index (χ2v) is 8.10. The monoisotopic (exact) mass is 471 g/mol. The number of anilines is 1. The molecule has 0 aliphatic carbocycles. The smallest absolute Gasteiger partial charge is 0.414 e. The number of amides is 1. The highest BCUT2D eigenvalue weighted by molar-refractivity contribution is 5.97. The summed E-state index contributed by atoms with van der Waals surface area (Å²) in [6, 6.07) is 8.09. The van der Waals surface area contributed by atoms with Gasteiger partial charge in [-0.15, -0.1) is 10.2 Å². The fourth-order valence-electron chi connectivity index (χ4n) is 3.93. The zero-order chi connectivity index (χ0) is 24.1. The number of pyridine rings is 1. The summed E-state index contributed by atoms with van der Waals surface area (Å²) in [4.78, 5) is 20.1. The first kappa shape index (κ1) is 23.9. The van der Waals surface area contributed by atoms with Gasteiger partial charge in [-0.05, 0) is 50.3 Å². The lowest BCUT2D eigenvalue weighted by atomic mass is 10.1. The molecule has 2 aliphatic rings. The number of halogens is 1. The maximum absolute atomic E-state index is 14.9. The van der Waals surface area contributed by atoms with Crippen molar-refractivity contribution in [3.8, 4) is 11.1 Å². The molecule has 1 aromatic heterocycles. The predicted octanol–water partition coefficient (Wildman–Crippen LogP) is 1.92. The number of amidine groups is 1. The number of hydrazine groups is 2. The average molecular weight is 472 g/mol. The Balaban J connectivity index is 1.36. The van der Waals surface area contributed by atoms with Crippen LogP contribution >= 0.6 is 0 Å². The van der Waals surface area contributed by atoms with E-state index in [1.807, 2.05) is 5.12 Å². The largest absolute Gasteiger partial charge is 0.441 e. The maximum atomic E-state index is 14.9. The van der Waals surface area contributed by atoms with Crippen molar-refractivity contribution in [1.82, 2.24) is 26.0 Å². The fourth-order valence-corrected chi connectivity index (χ4v) is 3.93. The quantitative estimate of drug-likeness (QED) is 0.483. The minimum absolute atomic E-state index is 0.181. The van der Waals surface area contributed by atoms with Crippen molar-refractivity contribution >= 4 is 17.6 Å². The Hall–Kier alpha value is -3.28. The molecule has 0 unspecified atom stereocenters. The van der Waals surface area contributed by atoms with Gasteiger partial charge in [0.15, 0.2) is 5.84 Å². The second-order valence-electron chi connectivity index (χ2n) is 8.10. The molecule has 0 spiro atoms. The van der Waals surface area contributed by atoms with Gasteiger partial charge in [-0.2, -0.15) is 0 Å². The maximum Gasteiger partial charge on any atom is 0.414 e. The number of ether oxygens (including phenoxy) is 1. The van der Waals surface area contributed by atoms with Gasteiger partial charge < -0.3 is 14.7 Å². The van der Waals surface area contributed by atoms with E-state index in [0.717, 1.165) is 32.6 Å². The van der Waals surface area contributed by atoms with Crippen LogP contribution in [0.4, 0.5) is 14.9 Å². The van der Waals surface area contributed by atoms with E-state index in [9.17, 15) is 14.3 Å². The molecule has 34 heavy (non-hydrogen) atoms. The number of aromatic nitrogens is 1. The van der Waals surface area contributed by atoms with E-state index in [0.29, 0.717) is 28.3 Å². The highest BCUT2D eigenvalue weighted by Gasteiger charge is 2.32. The molecule has 11 heteroatoms. The topological polar surface area (TPSA) is 106 Å². The van der Waals surface area contributed by atoms with E-state index >= 15 is 0 Å². The number of aliphatic hydroxyl groups excluding tert-OH is 1. The molecule has 182 valence electrons. The zero-order valence-electron chi connectivity index (χ0n) is 19.4. The van der Waals surface area contributed by atoms with Gasteiger partial charge in [0.05, 0.1) is 18.8 Å². The number of nitrogens with one attached hydrogen (secondary N) is 2. The lowest BCUT2D eigenvalue weighted by molar-refractivity contribution is 0.0963. The molecule has 2 aliphatic heterocycles. The van der Waals surface area contributed by atoms with E-state index in [-0.39, 0.29) is 13.2 Å². The Bertz CT molecular complexity index is 1030. The zero-order valence-corrected chi connectivity index (χ0v) is 19.4. The molecule has 2 aromatic rings. The Kier molecular flexibility index (Phi) is 7.56. The molecule has 0 saturated carbocycles. The van der Waals surface area contributed by atoms with Crippen molar-refractivity contribution < 1.29 is 19.0 Å². The van der Waals surface area contributed by atoms with Crippen LogP contribution in [0.3, 0.4) is 0 Å². The van der Waals surface area contributed by atoms with Crippen LogP contribution in [0.1, 0.15) is 26.0 Å². The summed E-state index contributed by atoms with van der Waals surface area (Å²) in [5.74, 6) is 0.112. The Labute approximate surface area is 197 Å². The van der Waals surface area contributed by atoms with E-state index in [2.05, 4.69) is 39.8 Å². The third-order valence-electron chi connectivity index (χ3n) is 5.93. The summed E-state index contributed by atoms with van der Waals surface area (Å²) in [6.07, 6.45) is 1.37. The predicted molar refractivity (Wildman–Crippen MR) is 126 cm³/mol. The molecule has 1 amide bonds. The Morgan fingerprint density at radius 3 is 2.74 bits per heavy atom. The first-order valence-electron chi connectivity index (χ1n) is 11.5. The van der Waals surface area contributed by atoms with Crippen molar-refractivity contribution in [1.29, 1.82) is 0 Å². The number of hydrogen-bond acceptors (Lipinski definition) is 9. The van der Waals surface area contributed by atoms with Gasteiger partial charge in [0, 0.05) is 23.9 Å². The molecule has 4 rings (SSSR count). The number of cyclic esters (lactones) is 1. The van der Waals surface area contributed by atoms with Crippen LogP contribution in [0.25, 0.3) is 11.1 Å². The SMILES string of the molecule is CCN(CC)CCCN1NN=C(c2ccc(-c3ccc(N4C[C@H](CO)OC4=O)cc3F)cn2)N1. The average Bonchev–Trinajstić information content (AvgIpc) is 3.48. The van der Waals surface area contributed by atoms with Gasteiger partial charge in [0.2, 0.25) is 0 Å². The summed E-state index contributed by atoms with van der Waals surface area (Å²) >= 11 is 0. The summed E-state index contributed by atoms with van der Waals surface area (Å²) in [6.45, 7) is 8.09. The molecule has 10 nitrogen and oxygen atoms in total. The van der Waals surface area contributed by atoms with Crippen LogP contribution in [0, 0.1) is 5.82 Å². The van der Waals surface area contributed by atoms with Crippen molar-refractivity contribution in [2.45, 2.75) is 26.4 Å². The van der Waals surface area contributed by atoms with Crippen molar-refractivity contribution in [2.24, 2.45) is 5.10 Å². The lowest BCUT2D eigenvalue weighted by Crippen LogP contribution is -2.43. The van der Waals surface area contributed by atoms with E-state index in [1.165, 1.54) is 11.0 Å². The third-order valence-corrected chi connectivity index (χ3v) is 5.93. The molecule has 1 atom stereocenters. The van der Waals surface area contributed by atoms with Gasteiger partial charge in [0.25, 0.3) is 0 Å². The fraction of sp³-hybridized carbons (Fsp3) is 0.435. The van der Waals surface area contributed by atoms with E-state index in [4.69, 9.17) is 4.74 Å². The van der Waals surface area contributed by atoms with E-state index in [1.54, 1.807) is 30.5 Å². The molecule has 3 heterocycles. The number of hydrogen-bond donors (Lipinski definition) is 3. The van der Waals surface area contributed by atoms with Crippen LogP contribution in [0.5, 0.6) is 0 Å². The molecule has 0 radical (unpaired) electrons. The Morgan fingerprint density at radius 1 is 1.26 bits per heavy atom. The van der Waals surface area contributed by atoms with Gasteiger partial charge >= 0.3 is 6.09 Å². The van der Waals surface area contributed by atoms with Gasteiger partial charge in [0.1, 0.15) is 17.6 Å². The number of carbonyl (C=O) groups excluding carboxylic acids is 1. The van der Waals surface area contributed by atoms with Crippen molar-refractivity contribution in [2.75, 3.05) is 44.2 Å². The molecule has 1 fully saturated rings. The van der Waals surface area contributed by atoms with E-state index < -0.39 is 18.0 Å². The van der Waals surface area contributed by atoms with Crippen LogP contribution < -0.4 is 15.9 Å². The second kappa shape index (κ2) is 10.8. The molecule has 1 aromatic carbocycles. The Morgan fingerprint density at radius 2 is 2.09 bits per heavy atom. The highest BCUT2D eigenvalue weighted by atomic mass is 19.1. The van der Waals surface area contributed by atoms with Crippen LogP contribution in [0.15, 0.2) is 41.6 Å². The molecule has 1 saturated heterocycles. The number of benzene rings is 1. The standard InChI is InChI=1S/C23H30FN7O3/c1-3-29(4-2)10-5-11-31-27-22(26-28-31)21-9-6-16(13-25-21)19-8-7-17(12-20(19)24)30-14-18(15-32)34-23(30)33/h6-9,12-13,18,28,32H,3-5,10-11,14-15H2,1-2H3,(H,26,27)/t18-/m1/s1. The lowest BCUT2D eigenvalue weighted by Gasteiger charge is -2.20. The molecule has 0 bridgehead atoms. The van der Waals surface area contributed by atoms with Crippen molar-refractivity contribution in [3.05, 3.63) is 48.0 Å². The van der Waals surface area contributed by atoms with Gasteiger partial charge in [-0.3, -0.25) is 15.3 Å². The summed E-state index contributed by atoms with van der Waals surface area (Å²) in [5.41, 5.74) is 8.12.